The second kappa shape index (κ2) is 20.5. The Morgan fingerprint density at radius 3 is 1.95 bits per heavy atom. The maximum absolute atomic E-state index is 12.2. The fourth-order valence-electron chi connectivity index (χ4n) is 2.66. The molecule has 1 unspecified atom stereocenters. The number of carbonyl (C=O) groups is 6. The fraction of sp³-hybridized carbons (Fsp3) is 0.429. The molecule has 0 aromatic heterocycles. The standard InChI is InChI=1S/C28H36N2O11S/c1-19(2)25(33)37-13-11-29-27(35)40-16-22(41-28(36)30-12-14-38-26(34)20(3)4)18-42-15-10-24(32)39-17-23(31)21-8-6-5-7-9-21/h5-9,22H,1,3,10-18H2,2,4H3,(H,29,35)(H,30,36). The van der Waals surface area contributed by atoms with E-state index in [2.05, 4.69) is 23.8 Å². The molecule has 2 N–H and O–H groups in total. The molecule has 0 aliphatic carbocycles. The van der Waals surface area contributed by atoms with Crippen LogP contribution in [0.4, 0.5) is 9.59 Å². The predicted molar refractivity (Wildman–Crippen MR) is 153 cm³/mol. The Morgan fingerprint density at radius 2 is 1.38 bits per heavy atom. The first-order chi connectivity index (χ1) is 20.0. The van der Waals surface area contributed by atoms with Gasteiger partial charge in [-0.2, -0.15) is 11.8 Å². The van der Waals surface area contributed by atoms with Crippen molar-refractivity contribution in [3.63, 3.8) is 0 Å². The highest BCUT2D eigenvalue weighted by Crippen LogP contribution is 2.10. The van der Waals surface area contributed by atoms with Crippen LogP contribution in [0.2, 0.25) is 0 Å². The second-order valence-corrected chi connectivity index (χ2v) is 9.74. The number of carbonyl (C=O) groups excluding carboxylic acids is 6. The van der Waals surface area contributed by atoms with Crippen molar-refractivity contribution in [2.45, 2.75) is 26.4 Å². The van der Waals surface area contributed by atoms with Gasteiger partial charge >= 0.3 is 30.1 Å². The number of hydrogen-bond donors (Lipinski definition) is 2. The van der Waals surface area contributed by atoms with Crippen molar-refractivity contribution >= 4 is 47.6 Å². The fourth-order valence-corrected chi connectivity index (χ4v) is 3.57. The number of alkyl carbamates (subject to hydrolysis) is 2. The Kier molecular flexibility index (Phi) is 17.5. The van der Waals surface area contributed by atoms with Crippen LogP contribution in [0.1, 0.15) is 30.6 Å². The normalized spacial score (nSPS) is 10.8. The van der Waals surface area contributed by atoms with E-state index in [0.29, 0.717) is 5.56 Å². The number of ketones is 1. The van der Waals surface area contributed by atoms with E-state index in [-0.39, 0.29) is 74.4 Å². The Hall–Kier alpha value is -4.33. The van der Waals surface area contributed by atoms with Crippen LogP contribution in [0.3, 0.4) is 0 Å². The molecule has 1 atom stereocenters. The lowest BCUT2D eigenvalue weighted by atomic mass is 10.1. The average molecular weight is 609 g/mol. The summed E-state index contributed by atoms with van der Waals surface area (Å²) in [5.41, 5.74) is 0.867. The summed E-state index contributed by atoms with van der Waals surface area (Å²) in [5.74, 6) is -1.67. The van der Waals surface area contributed by atoms with Gasteiger partial charge in [0.2, 0.25) is 0 Å². The van der Waals surface area contributed by atoms with Gasteiger partial charge in [-0.05, 0) is 13.8 Å². The first-order valence-electron chi connectivity index (χ1n) is 12.8. The van der Waals surface area contributed by atoms with E-state index in [1.54, 1.807) is 30.3 Å². The summed E-state index contributed by atoms with van der Waals surface area (Å²) in [6.07, 6.45) is -2.60. The van der Waals surface area contributed by atoms with Crippen molar-refractivity contribution < 1.29 is 52.5 Å². The molecule has 0 saturated heterocycles. The zero-order valence-electron chi connectivity index (χ0n) is 23.6. The van der Waals surface area contributed by atoms with E-state index in [0.717, 1.165) is 0 Å². The minimum atomic E-state index is -0.907. The first-order valence-corrected chi connectivity index (χ1v) is 14.0. The Labute approximate surface area is 248 Å². The van der Waals surface area contributed by atoms with Crippen molar-refractivity contribution in [3.8, 4) is 0 Å². The average Bonchev–Trinajstić information content (AvgIpc) is 2.96. The number of hydrogen-bond acceptors (Lipinski definition) is 12. The highest BCUT2D eigenvalue weighted by molar-refractivity contribution is 7.99. The number of amides is 2. The number of esters is 3. The van der Waals surface area contributed by atoms with Gasteiger partial charge < -0.3 is 34.3 Å². The summed E-state index contributed by atoms with van der Waals surface area (Å²) < 4.78 is 25.2. The summed E-state index contributed by atoms with van der Waals surface area (Å²) in [6, 6.07) is 8.43. The van der Waals surface area contributed by atoms with Gasteiger partial charge in [0.15, 0.2) is 12.4 Å². The smallest absolute Gasteiger partial charge is 0.407 e. The Morgan fingerprint density at radius 1 is 0.810 bits per heavy atom. The summed E-state index contributed by atoms with van der Waals surface area (Å²) in [6.45, 7) is 8.93. The largest absolute Gasteiger partial charge is 0.460 e. The second-order valence-electron chi connectivity index (χ2n) is 8.59. The van der Waals surface area contributed by atoms with Crippen molar-refractivity contribution in [2.24, 2.45) is 0 Å². The monoisotopic (exact) mass is 608 g/mol. The topological polar surface area (TPSA) is 173 Å². The number of thioether (sulfide) groups is 1. The third kappa shape index (κ3) is 16.7. The van der Waals surface area contributed by atoms with Gasteiger partial charge in [-0.25, -0.2) is 19.2 Å². The molecule has 0 radical (unpaired) electrons. The Bertz CT molecular complexity index is 1110. The molecule has 0 bridgehead atoms. The first kappa shape index (κ1) is 35.7. The van der Waals surface area contributed by atoms with Gasteiger partial charge in [-0.15, -0.1) is 0 Å². The van der Waals surface area contributed by atoms with Crippen molar-refractivity contribution in [1.29, 1.82) is 0 Å². The molecule has 0 heterocycles. The van der Waals surface area contributed by atoms with Gasteiger partial charge in [-0.1, -0.05) is 43.5 Å². The van der Waals surface area contributed by atoms with E-state index in [1.165, 1.54) is 25.6 Å². The quantitative estimate of drug-likeness (QED) is 0.0774. The van der Waals surface area contributed by atoms with Crippen LogP contribution < -0.4 is 10.6 Å². The molecule has 0 aliphatic rings. The molecule has 0 aliphatic heterocycles. The van der Waals surface area contributed by atoms with Gasteiger partial charge in [0, 0.05) is 28.2 Å². The zero-order valence-corrected chi connectivity index (χ0v) is 24.5. The number of Topliss-reactive ketones (excluding diaryl/α,β-unsaturated/α-hetero) is 1. The molecular formula is C28H36N2O11S. The van der Waals surface area contributed by atoms with Crippen LogP contribution in [0.25, 0.3) is 0 Å². The number of rotatable bonds is 19. The van der Waals surface area contributed by atoms with E-state index < -0.39 is 36.2 Å². The van der Waals surface area contributed by atoms with E-state index in [1.807, 2.05) is 0 Å². The molecule has 0 fully saturated rings. The molecule has 1 rings (SSSR count). The number of ether oxygens (including phenoxy) is 5. The lowest BCUT2D eigenvalue weighted by Crippen LogP contribution is -2.37. The maximum atomic E-state index is 12.2. The van der Waals surface area contributed by atoms with Crippen molar-refractivity contribution in [2.75, 3.05) is 51.0 Å². The number of nitrogens with one attached hydrogen (secondary N) is 2. The van der Waals surface area contributed by atoms with Crippen molar-refractivity contribution in [3.05, 3.63) is 60.2 Å². The predicted octanol–water partition coefficient (Wildman–Crippen LogP) is 2.60. The molecule has 0 saturated carbocycles. The summed E-state index contributed by atoms with van der Waals surface area (Å²) in [5, 5.41) is 4.80. The highest BCUT2D eigenvalue weighted by Gasteiger charge is 2.18. The molecule has 1 aromatic rings. The lowest BCUT2D eigenvalue weighted by molar-refractivity contribution is -0.142. The molecule has 2 amide bonds. The third-order valence-electron chi connectivity index (χ3n) is 4.79. The van der Waals surface area contributed by atoms with Crippen LogP contribution in [-0.2, 0) is 38.1 Å². The Balaban J connectivity index is 2.47. The van der Waals surface area contributed by atoms with Crippen LogP contribution in [0.5, 0.6) is 0 Å². The molecule has 1 aromatic carbocycles. The molecule has 13 nitrogen and oxygen atoms in total. The molecule has 230 valence electrons. The molecule has 14 heteroatoms. The summed E-state index contributed by atoms with van der Waals surface area (Å²) >= 11 is 1.23. The molecule has 0 spiro atoms. The van der Waals surface area contributed by atoms with Crippen LogP contribution >= 0.6 is 11.8 Å². The van der Waals surface area contributed by atoms with E-state index in [4.69, 9.17) is 23.7 Å². The van der Waals surface area contributed by atoms with E-state index in [9.17, 15) is 28.8 Å². The summed E-state index contributed by atoms with van der Waals surface area (Å²) in [4.78, 5) is 71.0. The maximum Gasteiger partial charge on any atom is 0.407 e. The van der Waals surface area contributed by atoms with Crippen LogP contribution in [-0.4, -0.2) is 93.0 Å². The zero-order chi connectivity index (χ0) is 31.3. The minimum absolute atomic E-state index is 0.00993. The van der Waals surface area contributed by atoms with Gasteiger partial charge in [-0.3, -0.25) is 9.59 Å². The molecule has 42 heavy (non-hydrogen) atoms. The van der Waals surface area contributed by atoms with Crippen molar-refractivity contribution in [1.82, 2.24) is 10.6 Å². The lowest BCUT2D eigenvalue weighted by Gasteiger charge is -2.18. The van der Waals surface area contributed by atoms with E-state index >= 15 is 0 Å². The number of benzene rings is 1. The molecular weight excluding hydrogens is 572 g/mol. The van der Waals surface area contributed by atoms with Gasteiger partial charge in [0.1, 0.15) is 25.9 Å². The SMILES string of the molecule is C=C(C)C(=O)OCCNC(=O)OCC(CSCCC(=O)OCC(=O)c1ccccc1)OC(=O)NCCOC(=O)C(=C)C. The summed E-state index contributed by atoms with van der Waals surface area (Å²) in [7, 11) is 0. The van der Waals surface area contributed by atoms with Gasteiger partial charge in [0.25, 0.3) is 0 Å². The van der Waals surface area contributed by atoms with Crippen LogP contribution in [0.15, 0.2) is 54.6 Å². The highest BCUT2D eigenvalue weighted by atomic mass is 32.2. The third-order valence-corrected chi connectivity index (χ3v) is 5.89. The minimum Gasteiger partial charge on any atom is -0.460 e. The van der Waals surface area contributed by atoms with Crippen LogP contribution in [0, 0.1) is 0 Å². The van der Waals surface area contributed by atoms with Gasteiger partial charge in [0.05, 0.1) is 19.5 Å².